The Kier molecular flexibility index (Phi) is 10.5. The summed E-state index contributed by atoms with van der Waals surface area (Å²) in [5, 5.41) is 0. The Hall–Kier alpha value is -0.990. The van der Waals surface area contributed by atoms with Crippen LogP contribution < -0.4 is 0 Å². The minimum atomic E-state index is 0.808. The van der Waals surface area contributed by atoms with Gasteiger partial charge in [0, 0.05) is 18.1 Å². The van der Waals surface area contributed by atoms with Crippen molar-refractivity contribution in [2.24, 2.45) is 0 Å². The van der Waals surface area contributed by atoms with Gasteiger partial charge < -0.3 is 4.74 Å². The van der Waals surface area contributed by atoms with E-state index in [0.717, 1.165) is 37.3 Å². The predicted molar refractivity (Wildman–Crippen MR) is 84.5 cm³/mol. The summed E-state index contributed by atoms with van der Waals surface area (Å²) in [7, 11) is 0. The fourth-order valence-electron chi connectivity index (χ4n) is 1.52. The van der Waals surface area contributed by atoms with Gasteiger partial charge in [0.1, 0.15) is 0 Å². The predicted octanol–water partition coefficient (Wildman–Crippen LogP) is 4.72. The average Bonchev–Trinajstić information content (AvgIpc) is 2.41. The summed E-state index contributed by atoms with van der Waals surface area (Å²) in [6.45, 7) is 11.8. The first kappa shape index (κ1) is 17.0. The van der Waals surface area contributed by atoms with Gasteiger partial charge in [-0.05, 0) is 38.7 Å². The molecule has 0 aliphatic carbocycles. The third-order valence-corrected chi connectivity index (χ3v) is 2.96. The fraction of sp³-hybridized carbons (Fsp3) is 0.438. The molecular formula is C16H24OS. The lowest BCUT2D eigenvalue weighted by molar-refractivity contribution is 0.144. The fourth-order valence-corrected chi connectivity index (χ4v) is 1.80. The topological polar surface area (TPSA) is 9.23 Å². The van der Waals surface area contributed by atoms with Crippen LogP contribution in [-0.2, 0) is 4.74 Å². The van der Waals surface area contributed by atoms with Gasteiger partial charge in [-0.2, -0.15) is 0 Å². The second-order valence-electron chi connectivity index (χ2n) is 3.94. The summed E-state index contributed by atoms with van der Waals surface area (Å²) >= 11 is 5.40. The van der Waals surface area contributed by atoms with Crippen LogP contribution in [0.15, 0.2) is 37.4 Å². The molecule has 0 bridgehead atoms. The van der Waals surface area contributed by atoms with Crippen molar-refractivity contribution in [1.29, 1.82) is 0 Å². The van der Waals surface area contributed by atoms with E-state index >= 15 is 0 Å². The van der Waals surface area contributed by atoms with E-state index in [2.05, 4.69) is 44.3 Å². The summed E-state index contributed by atoms with van der Waals surface area (Å²) in [6.07, 6.45) is 3.21. The Labute approximate surface area is 117 Å². The minimum absolute atomic E-state index is 0.808. The Bertz CT molecular complexity index is 329. The Balaban J connectivity index is 0.00000137. The molecule has 0 aromatic heterocycles. The zero-order valence-electron chi connectivity index (χ0n) is 11.6. The van der Waals surface area contributed by atoms with E-state index in [1.807, 2.05) is 6.92 Å². The molecule has 1 rings (SSSR count). The monoisotopic (exact) mass is 264 g/mol. The summed E-state index contributed by atoms with van der Waals surface area (Å²) in [6, 6.07) is 8.45. The molecule has 0 heterocycles. The molecule has 0 aliphatic rings. The maximum atomic E-state index is 5.40. The van der Waals surface area contributed by atoms with E-state index in [-0.39, 0.29) is 0 Å². The maximum absolute atomic E-state index is 5.40. The number of unbranched alkanes of at least 4 members (excludes halogenated alkanes) is 1. The normalized spacial score (nSPS) is 9.44. The zero-order chi connectivity index (χ0) is 13.8. The number of rotatable bonds is 7. The first-order valence-corrected chi connectivity index (χ1v) is 6.82. The number of thiocarbonyl (C=S) groups is 1. The molecule has 1 aromatic carbocycles. The summed E-state index contributed by atoms with van der Waals surface area (Å²) in [5.41, 5.74) is 2.47. The van der Waals surface area contributed by atoms with E-state index in [4.69, 9.17) is 17.0 Å². The molecule has 0 saturated heterocycles. The molecule has 0 fully saturated rings. The number of benzene rings is 1. The van der Waals surface area contributed by atoms with Gasteiger partial charge in [-0.15, -0.1) is 13.2 Å². The van der Waals surface area contributed by atoms with E-state index in [1.54, 1.807) is 0 Å². The first-order chi connectivity index (χ1) is 8.74. The molecular weight excluding hydrogens is 240 g/mol. The number of hydrogen-bond donors (Lipinski definition) is 0. The largest absolute Gasteiger partial charge is 0.382 e. The standard InChI is InChI=1S/C14H20OS.C2H4/c1-3-15-11-5-4-6-14(16)13-9-7-12(2)8-10-13;1-2/h7-10H,3-6,11H2,1-2H3;1-2H2. The summed E-state index contributed by atoms with van der Waals surface area (Å²) in [4.78, 5) is 1.07. The van der Waals surface area contributed by atoms with E-state index in [0.29, 0.717) is 0 Å². The number of aryl methyl sites for hydroxylation is 1. The van der Waals surface area contributed by atoms with Crippen LogP contribution in [0.3, 0.4) is 0 Å². The molecule has 0 N–H and O–H groups in total. The second kappa shape index (κ2) is 11.1. The molecule has 0 atom stereocenters. The molecule has 2 heteroatoms. The van der Waals surface area contributed by atoms with Crippen molar-refractivity contribution in [1.82, 2.24) is 0 Å². The molecule has 0 spiro atoms. The molecule has 1 nitrogen and oxygen atoms in total. The Morgan fingerprint density at radius 1 is 1.17 bits per heavy atom. The highest BCUT2D eigenvalue weighted by Crippen LogP contribution is 2.10. The molecule has 0 unspecified atom stereocenters. The number of hydrogen-bond acceptors (Lipinski definition) is 2. The van der Waals surface area contributed by atoms with Crippen LogP contribution in [0.2, 0.25) is 0 Å². The lowest BCUT2D eigenvalue weighted by Crippen LogP contribution is -1.99. The van der Waals surface area contributed by atoms with Gasteiger partial charge in [0.05, 0.1) is 0 Å². The third-order valence-electron chi connectivity index (χ3n) is 2.52. The summed E-state index contributed by atoms with van der Waals surface area (Å²) in [5.74, 6) is 0. The lowest BCUT2D eigenvalue weighted by atomic mass is 10.1. The minimum Gasteiger partial charge on any atom is -0.382 e. The zero-order valence-corrected chi connectivity index (χ0v) is 12.4. The van der Waals surface area contributed by atoms with Crippen LogP contribution in [0.25, 0.3) is 0 Å². The van der Waals surface area contributed by atoms with Crippen LogP contribution in [0.1, 0.15) is 37.3 Å². The molecule has 0 radical (unpaired) electrons. The van der Waals surface area contributed by atoms with Crippen molar-refractivity contribution in [2.75, 3.05) is 13.2 Å². The van der Waals surface area contributed by atoms with Gasteiger partial charge >= 0.3 is 0 Å². The van der Waals surface area contributed by atoms with Crippen molar-refractivity contribution in [2.45, 2.75) is 33.1 Å². The van der Waals surface area contributed by atoms with Crippen LogP contribution in [0.5, 0.6) is 0 Å². The summed E-state index contributed by atoms with van der Waals surface area (Å²) < 4.78 is 5.29. The van der Waals surface area contributed by atoms with Crippen LogP contribution in [0.4, 0.5) is 0 Å². The molecule has 0 amide bonds. The van der Waals surface area contributed by atoms with Crippen LogP contribution >= 0.6 is 12.2 Å². The quantitative estimate of drug-likeness (QED) is 0.305. The Morgan fingerprint density at radius 3 is 2.33 bits per heavy atom. The van der Waals surface area contributed by atoms with Gasteiger partial charge in [-0.1, -0.05) is 42.0 Å². The SMILES string of the molecule is C=C.CCOCCCCC(=S)c1ccc(C)cc1. The van der Waals surface area contributed by atoms with Crippen molar-refractivity contribution in [3.8, 4) is 0 Å². The van der Waals surface area contributed by atoms with Gasteiger partial charge in [-0.25, -0.2) is 0 Å². The van der Waals surface area contributed by atoms with E-state index in [9.17, 15) is 0 Å². The molecule has 1 aromatic rings. The maximum Gasteiger partial charge on any atom is 0.0466 e. The Morgan fingerprint density at radius 2 is 1.78 bits per heavy atom. The highest BCUT2D eigenvalue weighted by Gasteiger charge is 2.00. The van der Waals surface area contributed by atoms with Gasteiger partial charge in [-0.3, -0.25) is 0 Å². The number of ether oxygens (including phenoxy) is 1. The van der Waals surface area contributed by atoms with Crippen molar-refractivity contribution < 1.29 is 4.74 Å². The van der Waals surface area contributed by atoms with Crippen LogP contribution in [0, 0.1) is 6.92 Å². The third kappa shape index (κ3) is 7.36. The highest BCUT2D eigenvalue weighted by atomic mass is 32.1. The van der Waals surface area contributed by atoms with Crippen molar-refractivity contribution in [3.63, 3.8) is 0 Å². The average molecular weight is 264 g/mol. The van der Waals surface area contributed by atoms with Crippen molar-refractivity contribution >= 4 is 17.1 Å². The van der Waals surface area contributed by atoms with Gasteiger partial charge in [0.25, 0.3) is 0 Å². The molecule has 18 heavy (non-hydrogen) atoms. The van der Waals surface area contributed by atoms with Crippen molar-refractivity contribution in [3.05, 3.63) is 48.6 Å². The molecule has 0 saturated carbocycles. The van der Waals surface area contributed by atoms with E-state index in [1.165, 1.54) is 11.1 Å². The van der Waals surface area contributed by atoms with Gasteiger partial charge in [0.2, 0.25) is 0 Å². The van der Waals surface area contributed by atoms with Crippen LogP contribution in [-0.4, -0.2) is 18.1 Å². The first-order valence-electron chi connectivity index (χ1n) is 6.41. The lowest BCUT2D eigenvalue weighted by Gasteiger charge is -2.05. The second-order valence-corrected chi connectivity index (χ2v) is 4.44. The molecule has 0 aliphatic heterocycles. The van der Waals surface area contributed by atoms with E-state index < -0.39 is 0 Å². The molecule has 100 valence electrons. The smallest absolute Gasteiger partial charge is 0.0466 e. The van der Waals surface area contributed by atoms with Gasteiger partial charge in [0.15, 0.2) is 0 Å². The highest BCUT2D eigenvalue weighted by molar-refractivity contribution is 7.80.